The number of piperidine rings is 1. The van der Waals surface area contributed by atoms with Crippen molar-refractivity contribution in [3.8, 4) is 0 Å². The Bertz CT molecular complexity index is 723. The molecular weight excluding hydrogens is 326 g/mol. The fraction of sp³-hybridized carbons (Fsp3) is 0.737. The molecule has 0 amide bonds. The first-order valence-corrected chi connectivity index (χ1v) is 9.54. The smallest absolute Gasteiger partial charge is 0.146 e. The SMILES string of the molecule is CN(C)Cc1nnc([C@@H]2CCCN(Cc3cc(C(C)(C)C)n[nH]3)C2)n1C. The fourth-order valence-electron chi connectivity index (χ4n) is 3.63. The van der Waals surface area contributed by atoms with Crippen LogP contribution in [0.1, 0.15) is 62.6 Å². The van der Waals surface area contributed by atoms with E-state index < -0.39 is 0 Å². The summed E-state index contributed by atoms with van der Waals surface area (Å²) in [5, 5.41) is 16.6. The highest BCUT2D eigenvalue weighted by Gasteiger charge is 2.27. The second-order valence-electron chi connectivity index (χ2n) is 8.87. The maximum atomic E-state index is 4.51. The lowest BCUT2D eigenvalue weighted by molar-refractivity contribution is 0.193. The summed E-state index contributed by atoms with van der Waals surface area (Å²) >= 11 is 0. The van der Waals surface area contributed by atoms with Crippen LogP contribution in [-0.2, 0) is 25.6 Å². The van der Waals surface area contributed by atoms with E-state index in [9.17, 15) is 0 Å². The van der Waals surface area contributed by atoms with Gasteiger partial charge in [-0.3, -0.25) is 10.00 Å². The first-order chi connectivity index (χ1) is 12.2. The Morgan fingerprint density at radius 2 is 2.04 bits per heavy atom. The number of H-pyrrole nitrogens is 1. The van der Waals surface area contributed by atoms with Gasteiger partial charge >= 0.3 is 0 Å². The molecule has 7 heteroatoms. The van der Waals surface area contributed by atoms with E-state index in [1.807, 2.05) is 0 Å². The van der Waals surface area contributed by atoms with Crippen LogP contribution >= 0.6 is 0 Å². The third-order valence-electron chi connectivity index (χ3n) is 5.12. The predicted molar refractivity (Wildman–Crippen MR) is 103 cm³/mol. The first-order valence-electron chi connectivity index (χ1n) is 9.54. The number of nitrogens with one attached hydrogen (secondary N) is 1. The number of aromatic amines is 1. The van der Waals surface area contributed by atoms with Crippen molar-refractivity contribution in [3.63, 3.8) is 0 Å². The monoisotopic (exact) mass is 359 g/mol. The average Bonchev–Trinajstić information content (AvgIpc) is 3.15. The molecule has 3 rings (SSSR count). The Morgan fingerprint density at radius 3 is 2.69 bits per heavy atom. The highest BCUT2D eigenvalue weighted by molar-refractivity contribution is 5.16. The molecule has 1 fully saturated rings. The molecule has 0 aromatic carbocycles. The van der Waals surface area contributed by atoms with Crippen LogP contribution in [-0.4, -0.2) is 61.9 Å². The summed E-state index contributed by atoms with van der Waals surface area (Å²) in [5.74, 6) is 2.60. The van der Waals surface area contributed by atoms with Crippen LogP contribution in [0.2, 0.25) is 0 Å². The molecule has 26 heavy (non-hydrogen) atoms. The van der Waals surface area contributed by atoms with Crippen LogP contribution < -0.4 is 0 Å². The van der Waals surface area contributed by atoms with Crippen LogP contribution in [0.4, 0.5) is 0 Å². The normalized spacial score (nSPS) is 19.4. The van der Waals surface area contributed by atoms with Gasteiger partial charge in [0.15, 0.2) is 0 Å². The van der Waals surface area contributed by atoms with Gasteiger partial charge < -0.3 is 9.47 Å². The third kappa shape index (κ3) is 4.32. The molecule has 1 aliphatic rings. The lowest BCUT2D eigenvalue weighted by Crippen LogP contribution is -2.35. The van der Waals surface area contributed by atoms with Crippen molar-refractivity contribution in [2.45, 2.75) is 58.0 Å². The number of hydrogen-bond donors (Lipinski definition) is 1. The van der Waals surface area contributed by atoms with E-state index in [0.29, 0.717) is 5.92 Å². The Kier molecular flexibility index (Phi) is 5.48. The number of nitrogens with zero attached hydrogens (tertiary/aromatic N) is 6. The van der Waals surface area contributed by atoms with Gasteiger partial charge in [-0.2, -0.15) is 5.10 Å². The molecule has 1 atom stereocenters. The van der Waals surface area contributed by atoms with Gasteiger partial charge in [0, 0.05) is 37.2 Å². The van der Waals surface area contributed by atoms with Crippen LogP contribution in [0, 0.1) is 0 Å². The summed E-state index contributed by atoms with van der Waals surface area (Å²) < 4.78 is 2.18. The topological polar surface area (TPSA) is 65.9 Å². The van der Waals surface area contributed by atoms with Crippen LogP contribution in [0.15, 0.2) is 6.07 Å². The molecule has 0 saturated carbocycles. The van der Waals surface area contributed by atoms with E-state index in [0.717, 1.165) is 43.5 Å². The van der Waals surface area contributed by atoms with E-state index in [1.54, 1.807) is 0 Å². The minimum absolute atomic E-state index is 0.0840. The van der Waals surface area contributed by atoms with Gasteiger partial charge in [-0.05, 0) is 39.5 Å². The molecule has 1 N–H and O–H groups in total. The van der Waals surface area contributed by atoms with Crippen LogP contribution in [0.3, 0.4) is 0 Å². The molecule has 0 bridgehead atoms. The summed E-state index contributed by atoms with van der Waals surface area (Å²) in [6.45, 7) is 10.5. The van der Waals surface area contributed by atoms with E-state index >= 15 is 0 Å². The van der Waals surface area contributed by atoms with E-state index in [2.05, 4.69) is 82.7 Å². The van der Waals surface area contributed by atoms with Gasteiger partial charge in [0.25, 0.3) is 0 Å². The zero-order valence-corrected chi connectivity index (χ0v) is 17.1. The number of aromatic nitrogens is 5. The van der Waals surface area contributed by atoms with Crippen molar-refractivity contribution in [2.24, 2.45) is 7.05 Å². The fourth-order valence-corrected chi connectivity index (χ4v) is 3.63. The van der Waals surface area contributed by atoms with E-state index in [1.165, 1.54) is 18.5 Å². The molecule has 2 aromatic heterocycles. The Hall–Kier alpha value is -1.73. The summed E-state index contributed by atoms with van der Waals surface area (Å²) in [4.78, 5) is 4.64. The molecule has 3 heterocycles. The molecular formula is C19H33N7. The summed E-state index contributed by atoms with van der Waals surface area (Å²) in [7, 11) is 6.22. The molecule has 1 aliphatic heterocycles. The Morgan fingerprint density at radius 1 is 1.27 bits per heavy atom. The number of rotatable bonds is 5. The van der Waals surface area contributed by atoms with Gasteiger partial charge in [-0.15, -0.1) is 10.2 Å². The molecule has 0 spiro atoms. The standard InChI is InChI=1S/C19H33N7/c1-19(2,3)16-10-15(20-21-16)12-26-9-7-8-14(11-26)18-23-22-17(25(18)6)13-24(4)5/h10,14H,7-9,11-13H2,1-6H3,(H,20,21)/t14-/m1/s1. The van der Waals surface area contributed by atoms with Gasteiger partial charge in [-0.1, -0.05) is 20.8 Å². The van der Waals surface area contributed by atoms with E-state index in [4.69, 9.17) is 0 Å². The van der Waals surface area contributed by atoms with Crippen molar-refractivity contribution in [3.05, 3.63) is 29.1 Å². The molecule has 0 radical (unpaired) electrons. The largest absolute Gasteiger partial charge is 0.317 e. The molecule has 144 valence electrons. The lowest BCUT2D eigenvalue weighted by atomic mass is 9.92. The van der Waals surface area contributed by atoms with Crippen molar-refractivity contribution >= 4 is 0 Å². The highest BCUT2D eigenvalue weighted by atomic mass is 15.3. The maximum absolute atomic E-state index is 4.51. The highest BCUT2D eigenvalue weighted by Crippen LogP contribution is 2.27. The van der Waals surface area contributed by atoms with Crippen molar-refractivity contribution in [2.75, 3.05) is 27.2 Å². The van der Waals surface area contributed by atoms with Gasteiger partial charge in [0.1, 0.15) is 11.6 Å². The van der Waals surface area contributed by atoms with E-state index in [-0.39, 0.29) is 5.41 Å². The van der Waals surface area contributed by atoms with Crippen molar-refractivity contribution in [1.82, 2.24) is 34.8 Å². The van der Waals surface area contributed by atoms with Gasteiger partial charge in [-0.25, -0.2) is 0 Å². The number of hydrogen-bond acceptors (Lipinski definition) is 5. The molecule has 7 nitrogen and oxygen atoms in total. The predicted octanol–water partition coefficient (Wildman–Crippen LogP) is 2.28. The first kappa shape index (κ1) is 19.0. The van der Waals surface area contributed by atoms with Crippen molar-refractivity contribution < 1.29 is 0 Å². The average molecular weight is 360 g/mol. The Labute approximate surface area is 156 Å². The van der Waals surface area contributed by atoms with Crippen LogP contribution in [0.5, 0.6) is 0 Å². The zero-order valence-electron chi connectivity index (χ0n) is 17.1. The quantitative estimate of drug-likeness (QED) is 0.887. The summed E-state index contributed by atoms with van der Waals surface area (Å²) in [5.41, 5.74) is 2.41. The number of likely N-dealkylation sites (tertiary alicyclic amines) is 1. The van der Waals surface area contributed by atoms with Gasteiger partial charge in [0.2, 0.25) is 0 Å². The molecule has 0 unspecified atom stereocenters. The molecule has 1 saturated heterocycles. The second kappa shape index (κ2) is 7.48. The second-order valence-corrected chi connectivity index (χ2v) is 8.87. The minimum Gasteiger partial charge on any atom is -0.317 e. The maximum Gasteiger partial charge on any atom is 0.146 e. The summed E-state index contributed by atoms with van der Waals surface area (Å²) in [6.07, 6.45) is 2.38. The van der Waals surface area contributed by atoms with Gasteiger partial charge in [0.05, 0.1) is 12.2 Å². The lowest BCUT2D eigenvalue weighted by Gasteiger charge is -2.31. The third-order valence-corrected chi connectivity index (χ3v) is 5.12. The van der Waals surface area contributed by atoms with Crippen LogP contribution in [0.25, 0.3) is 0 Å². The van der Waals surface area contributed by atoms with Crippen molar-refractivity contribution in [1.29, 1.82) is 0 Å². The minimum atomic E-state index is 0.0840. The molecule has 0 aliphatic carbocycles. The zero-order chi connectivity index (χ0) is 18.9. The Balaban J connectivity index is 1.66. The molecule has 2 aromatic rings. The summed E-state index contributed by atoms with van der Waals surface area (Å²) in [6, 6.07) is 2.21.